The van der Waals surface area contributed by atoms with Crippen molar-refractivity contribution in [2.24, 2.45) is 0 Å². The highest BCUT2D eigenvalue weighted by molar-refractivity contribution is 7.88. The van der Waals surface area contributed by atoms with E-state index in [4.69, 9.17) is 27.9 Å². The number of fused-ring (bicyclic) bond motifs is 1. The van der Waals surface area contributed by atoms with E-state index in [1.807, 2.05) is 42.5 Å². The standard InChI is InChI=1S/C19H17Cl2NO3S/c20-17-9-8-14(12-18(17)21)13-26(23,24)22-10-11-25-19-7-3-5-15-4-1-2-6-16(15)19/h1-9,12,22H,10-11,13H2. The summed E-state index contributed by atoms with van der Waals surface area (Å²) in [5.74, 6) is 0.560. The molecule has 0 unspecified atom stereocenters. The van der Waals surface area contributed by atoms with Crippen molar-refractivity contribution in [3.05, 3.63) is 76.3 Å². The third kappa shape index (κ3) is 4.89. The molecule has 0 heterocycles. The minimum atomic E-state index is -3.49. The topological polar surface area (TPSA) is 55.4 Å². The summed E-state index contributed by atoms with van der Waals surface area (Å²) in [7, 11) is -3.49. The Hall–Kier alpha value is -1.79. The molecule has 0 aliphatic carbocycles. The molecule has 0 amide bonds. The number of benzene rings is 3. The predicted octanol–water partition coefficient (Wildman–Crippen LogP) is 4.65. The van der Waals surface area contributed by atoms with E-state index >= 15 is 0 Å². The minimum absolute atomic E-state index is 0.168. The van der Waals surface area contributed by atoms with Crippen molar-refractivity contribution in [1.82, 2.24) is 4.72 Å². The highest BCUT2D eigenvalue weighted by Gasteiger charge is 2.12. The van der Waals surface area contributed by atoms with Gasteiger partial charge in [0, 0.05) is 11.9 Å². The fraction of sp³-hybridized carbons (Fsp3) is 0.158. The molecule has 4 nitrogen and oxygen atoms in total. The highest BCUT2D eigenvalue weighted by atomic mass is 35.5. The summed E-state index contributed by atoms with van der Waals surface area (Å²) in [4.78, 5) is 0. The third-order valence-corrected chi connectivity index (χ3v) is 5.87. The molecule has 1 N–H and O–H groups in total. The molecule has 0 spiro atoms. The molecule has 0 aliphatic rings. The van der Waals surface area contributed by atoms with Crippen LogP contribution in [0, 0.1) is 0 Å². The van der Waals surface area contributed by atoms with Crippen LogP contribution in [-0.2, 0) is 15.8 Å². The smallest absolute Gasteiger partial charge is 0.215 e. The molecule has 3 aromatic carbocycles. The van der Waals surface area contributed by atoms with Crippen molar-refractivity contribution >= 4 is 44.0 Å². The zero-order valence-corrected chi connectivity index (χ0v) is 16.1. The number of hydrogen-bond acceptors (Lipinski definition) is 3. The minimum Gasteiger partial charge on any atom is -0.492 e. The van der Waals surface area contributed by atoms with Crippen LogP contribution in [-0.4, -0.2) is 21.6 Å². The van der Waals surface area contributed by atoms with Crippen LogP contribution in [0.25, 0.3) is 10.8 Å². The van der Waals surface area contributed by atoms with E-state index in [1.165, 1.54) is 0 Å². The average molecular weight is 410 g/mol. The van der Waals surface area contributed by atoms with E-state index < -0.39 is 10.0 Å². The Morgan fingerprint density at radius 3 is 2.50 bits per heavy atom. The highest BCUT2D eigenvalue weighted by Crippen LogP contribution is 2.25. The Labute approximate surface area is 162 Å². The first-order valence-corrected chi connectivity index (χ1v) is 10.4. The van der Waals surface area contributed by atoms with Crippen LogP contribution < -0.4 is 9.46 Å². The number of ether oxygens (including phenoxy) is 1. The summed E-state index contributed by atoms with van der Waals surface area (Å²) in [6.45, 7) is 0.404. The fourth-order valence-electron chi connectivity index (χ4n) is 2.58. The molecule has 136 valence electrons. The van der Waals surface area contributed by atoms with Gasteiger partial charge in [0.1, 0.15) is 12.4 Å². The van der Waals surface area contributed by atoms with Gasteiger partial charge in [0.25, 0.3) is 0 Å². The normalized spacial score (nSPS) is 11.6. The molecule has 0 atom stereocenters. The molecule has 7 heteroatoms. The molecule has 0 aromatic heterocycles. The maximum Gasteiger partial charge on any atom is 0.215 e. The first kappa shape index (κ1) is 19.0. The lowest BCUT2D eigenvalue weighted by Gasteiger charge is -2.11. The van der Waals surface area contributed by atoms with Crippen molar-refractivity contribution < 1.29 is 13.2 Å². The summed E-state index contributed by atoms with van der Waals surface area (Å²) in [6, 6.07) is 18.4. The van der Waals surface area contributed by atoms with Gasteiger partial charge in [-0.25, -0.2) is 13.1 Å². The Morgan fingerprint density at radius 1 is 0.923 bits per heavy atom. The van der Waals surface area contributed by atoms with E-state index in [1.54, 1.807) is 18.2 Å². The maximum absolute atomic E-state index is 12.2. The van der Waals surface area contributed by atoms with Gasteiger partial charge in [-0.2, -0.15) is 0 Å². The van der Waals surface area contributed by atoms with Gasteiger partial charge in [-0.1, -0.05) is 65.7 Å². The number of halogens is 2. The van der Waals surface area contributed by atoms with Gasteiger partial charge in [-0.3, -0.25) is 0 Å². The van der Waals surface area contributed by atoms with Crippen LogP contribution in [0.3, 0.4) is 0 Å². The quantitative estimate of drug-likeness (QED) is 0.577. The second-order valence-corrected chi connectivity index (χ2v) is 8.35. The summed E-state index contributed by atoms with van der Waals surface area (Å²) in [5, 5.41) is 2.79. The monoisotopic (exact) mass is 409 g/mol. The first-order chi connectivity index (χ1) is 12.4. The Balaban J connectivity index is 1.56. The second kappa shape index (κ2) is 8.27. The first-order valence-electron chi connectivity index (χ1n) is 7.96. The molecule has 0 aliphatic heterocycles. The lowest BCUT2D eigenvalue weighted by Crippen LogP contribution is -2.29. The van der Waals surface area contributed by atoms with Gasteiger partial charge in [0.15, 0.2) is 0 Å². The van der Waals surface area contributed by atoms with Crippen molar-refractivity contribution in [1.29, 1.82) is 0 Å². The summed E-state index contributed by atoms with van der Waals surface area (Å²) in [5.41, 5.74) is 0.571. The zero-order chi connectivity index (χ0) is 18.6. The van der Waals surface area contributed by atoms with E-state index in [0.29, 0.717) is 15.6 Å². The van der Waals surface area contributed by atoms with Crippen molar-refractivity contribution in [2.45, 2.75) is 5.75 Å². The molecular weight excluding hydrogens is 393 g/mol. The molecular formula is C19H17Cl2NO3S. The van der Waals surface area contributed by atoms with E-state index in [-0.39, 0.29) is 18.9 Å². The maximum atomic E-state index is 12.2. The van der Waals surface area contributed by atoms with Gasteiger partial charge in [-0.15, -0.1) is 0 Å². The molecule has 0 bridgehead atoms. The van der Waals surface area contributed by atoms with Crippen molar-refractivity contribution in [3.63, 3.8) is 0 Å². The summed E-state index contributed by atoms with van der Waals surface area (Å²) >= 11 is 11.8. The van der Waals surface area contributed by atoms with E-state index in [2.05, 4.69) is 4.72 Å². The number of hydrogen-bond donors (Lipinski definition) is 1. The van der Waals surface area contributed by atoms with Gasteiger partial charge in [0.05, 0.1) is 15.8 Å². The fourth-order valence-corrected chi connectivity index (χ4v) is 4.02. The van der Waals surface area contributed by atoms with Gasteiger partial charge >= 0.3 is 0 Å². The van der Waals surface area contributed by atoms with Gasteiger partial charge < -0.3 is 4.74 Å². The van der Waals surface area contributed by atoms with Gasteiger partial charge in [0.2, 0.25) is 10.0 Å². The second-order valence-electron chi connectivity index (χ2n) is 5.73. The molecule has 3 rings (SSSR count). The van der Waals surface area contributed by atoms with Crippen LogP contribution >= 0.6 is 23.2 Å². The SMILES string of the molecule is O=S(=O)(Cc1ccc(Cl)c(Cl)c1)NCCOc1cccc2ccccc12. The molecule has 3 aromatic rings. The Bertz CT molecular complexity index is 1020. The zero-order valence-electron chi connectivity index (χ0n) is 13.8. The summed E-state index contributed by atoms with van der Waals surface area (Å²) < 4.78 is 32.6. The number of rotatable bonds is 7. The molecule has 0 saturated heterocycles. The largest absolute Gasteiger partial charge is 0.492 e. The average Bonchev–Trinajstić information content (AvgIpc) is 2.62. The van der Waals surface area contributed by atoms with Crippen molar-refractivity contribution in [2.75, 3.05) is 13.2 Å². The predicted molar refractivity (Wildman–Crippen MR) is 107 cm³/mol. The number of nitrogens with one attached hydrogen (secondary N) is 1. The summed E-state index contributed by atoms with van der Waals surface area (Å²) in [6.07, 6.45) is 0. The van der Waals surface area contributed by atoms with Crippen LogP contribution in [0.2, 0.25) is 10.0 Å². The van der Waals surface area contributed by atoms with Gasteiger partial charge in [-0.05, 0) is 29.1 Å². The molecule has 0 radical (unpaired) electrons. The Morgan fingerprint density at radius 2 is 1.69 bits per heavy atom. The Kier molecular flexibility index (Phi) is 6.04. The lowest BCUT2D eigenvalue weighted by atomic mass is 10.1. The molecule has 0 saturated carbocycles. The van der Waals surface area contributed by atoms with Crippen molar-refractivity contribution in [3.8, 4) is 5.75 Å². The van der Waals surface area contributed by atoms with Crippen LogP contribution in [0.4, 0.5) is 0 Å². The molecule has 0 fully saturated rings. The molecule has 26 heavy (non-hydrogen) atoms. The van der Waals surface area contributed by atoms with Crippen LogP contribution in [0.5, 0.6) is 5.75 Å². The lowest BCUT2D eigenvalue weighted by molar-refractivity contribution is 0.326. The van der Waals surface area contributed by atoms with Crippen LogP contribution in [0.15, 0.2) is 60.7 Å². The van der Waals surface area contributed by atoms with Crippen LogP contribution in [0.1, 0.15) is 5.56 Å². The number of sulfonamides is 1. The van der Waals surface area contributed by atoms with E-state index in [9.17, 15) is 8.42 Å². The van der Waals surface area contributed by atoms with E-state index in [0.717, 1.165) is 16.5 Å². The third-order valence-electron chi connectivity index (χ3n) is 3.77.